The first-order valence-electron chi connectivity index (χ1n) is 16.0. The molecule has 48 heavy (non-hydrogen) atoms. The highest BCUT2D eigenvalue weighted by Gasteiger charge is 2.11. The van der Waals surface area contributed by atoms with Crippen LogP contribution in [0.3, 0.4) is 0 Å². The van der Waals surface area contributed by atoms with E-state index in [1.807, 2.05) is 66.9 Å². The molecule has 3 heterocycles. The second-order valence-corrected chi connectivity index (χ2v) is 11.6. The van der Waals surface area contributed by atoms with Gasteiger partial charge in [0.05, 0.1) is 22.8 Å². The molecule has 0 spiro atoms. The lowest BCUT2D eigenvalue weighted by Crippen LogP contribution is -1.95. The standard InChI is InChI=1S/C44H30N4/c1-3-9-36(10-4-1)42-29-43(48-44(47-42)38-11-5-2-6-12-38)37-24-22-34(23-25-37)32-16-14-31(15-17-32)33-18-20-35(21-19-33)39-26-27-41(46-30-39)40-13-7-8-28-45-40/h1-30H. The molecule has 4 nitrogen and oxygen atoms in total. The SMILES string of the molecule is c1ccc(-c2cc(-c3ccc(-c4ccc(-c5ccc(-c6ccc(-c7ccccn7)nc6)cc5)cc4)cc3)nc(-c3ccccc3)n2)cc1. The van der Waals surface area contributed by atoms with E-state index < -0.39 is 0 Å². The predicted octanol–water partition coefficient (Wildman–Crippen LogP) is 10.9. The maximum absolute atomic E-state index is 4.97. The highest BCUT2D eigenvalue weighted by molar-refractivity contribution is 5.76. The third kappa shape index (κ3) is 6.15. The summed E-state index contributed by atoms with van der Waals surface area (Å²) in [5.74, 6) is 0.717. The third-order valence-corrected chi connectivity index (χ3v) is 8.47. The molecule has 0 aliphatic carbocycles. The molecule has 0 radical (unpaired) electrons. The number of nitrogens with zero attached hydrogens (tertiary/aromatic N) is 4. The molecule has 226 valence electrons. The number of pyridine rings is 2. The summed E-state index contributed by atoms with van der Waals surface area (Å²) in [6, 6.07) is 58.5. The van der Waals surface area contributed by atoms with Crippen LogP contribution in [0.2, 0.25) is 0 Å². The summed E-state index contributed by atoms with van der Waals surface area (Å²) in [5.41, 5.74) is 13.5. The Morgan fingerprint density at radius 1 is 0.271 bits per heavy atom. The minimum atomic E-state index is 0.717. The minimum Gasteiger partial charge on any atom is -0.255 e. The van der Waals surface area contributed by atoms with Crippen LogP contribution < -0.4 is 0 Å². The van der Waals surface area contributed by atoms with Gasteiger partial charge in [0.15, 0.2) is 5.82 Å². The van der Waals surface area contributed by atoms with Gasteiger partial charge in [-0.25, -0.2) is 9.97 Å². The van der Waals surface area contributed by atoms with Crippen molar-refractivity contribution in [3.8, 4) is 78.7 Å². The average molecular weight is 615 g/mol. The molecule has 4 heteroatoms. The van der Waals surface area contributed by atoms with Gasteiger partial charge in [-0.2, -0.15) is 0 Å². The highest BCUT2D eigenvalue weighted by Crippen LogP contribution is 2.31. The Morgan fingerprint density at radius 3 is 1.17 bits per heavy atom. The second-order valence-electron chi connectivity index (χ2n) is 11.6. The van der Waals surface area contributed by atoms with E-state index in [1.165, 1.54) is 16.7 Å². The van der Waals surface area contributed by atoms with Gasteiger partial charge in [-0.1, -0.05) is 146 Å². The first kappa shape index (κ1) is 28.9. The molecule has 0 saturated carbocycles. The van der Waals surface area contributed by atoms with Crippen LogP contribution in [0, 0.1) is 0 Å². The Kier molecular flexibility index (Phi) is 7.87. The van der Waals surface area contributed by atoms with Crippen LogP contribution in [-0.4, -0.2) is 19.9 Å². The Labute approximate surface area is 280 Å². The molecule has 5 aromatic carbocycles. The van der Waals surface area contributed by atoms with Gasteiger partial charge in [0.2, 0.25) is 0 Å². The van der Waals surface area contributed by atoms with Gasteiger partial charge in [-0.15, -0.1) is 0 Å². The van der Waals surface area contributed by atoms with E-state index >= 15 is 0 Å². The summed E-state index contributed by atoms with van der Waals surface area (Å²) in [6.45, 7) is 0. The van der Waals surface area contributed by atoms with Crippen LogP contribution in [0.25, 0.3) is 78.7 Å². The zero-order valence-corrected chi connectivity index (χ0v) is 26.1. The second kappa shape index (κ2) is 13.1. The van der Waals surface area contributed by atoms with Crippen molar-refractivity contribution in [2.75, 3.05) is 0 Å². The molecule has 0 atom stereocenters. The normalized spacial score (nSPS) is 10.9. The fourth-order valence-corrected chi connectivity index (χ4v) is 5.84. The van der Waals surface area contributed by atoms with Crippen molar-refractivity contribution in [1.29, 1.82) is 0 Å². The van der Waals surface area contributed by atoms with E-state index in [1.54, 1.807) is 6.20 Å². The van der Waals surface area contributed by atoms with Crippen molar-refractivity contribution in [2.45, 2.75) is 0 Å². The Morgan fingerprint density at radius 2 is 0.688 bits per heavy atom. The monoisotopic (exact) mass is 614 g/mol. The summed E-state index contributed by atoms with van der Waals surface area (Å²) >= 11 is 0. The lowest BCUT2D eigenvalue weighted by molar-refractivity contribution is 1.18. The molecule has 0 aliphatic rings. The van der Waals surface area contributed by atoms with Gasteiger partial charge in [0, 0.05) is 34.6 Å². The molecule has 8 rings (SSSR count). The van der Waals surface area contributed by atoms with Crippen LogP contribution >= 0.6 is 0 Å². The Hall–Kier alpha value is -6.52. The van der Waals surface area contributed by atoms with Crippen LogP contribution in [0.4, 0.5) is 0 Å². The van der Waals surface area contributed by atoms with Crippen LogP contribution in [0.1, 0.15) is 0 Å². The largest absolute Gasteiger partial charge is 0.255 e. The highest BCUT2D eigenvalue weighted by atomic mass is 14.9. The fraction of sp³-hybridized carbons (Fsp3) is 0. The van der Waals surface area contributed by atoms with E-state index in [0.29, 0.717) is 0 Å². The van der Waals surface area contributed by atoms with Crippen molar-refractivity contribution in [3.05, 3.63) is 182 Å². The average Bonchev–Trinajstić information content (AvgIpc) is 3.19. The van der Waals surface area contributed by atoms with Gasteiger partial charge in [-0.05, 0) is 52.1 Å². The summed E-state index contributed by atoms with van der Waals surface area (Å²) < 4.78 is 0. The zero-order valence-electron chi connectivity index (χ0n) is 26.1. The van der Waals surface area contributed by atoms with E-state index in [4.69, 9.17) is 9.97 Å². The molecule has 0 N–H and O–H groups in total. The summed E-state index contributed by atoms with van der Waals surface area (Å²) in [4.78, 5) is 18.9. The van der Waals surface area contributed by atoms with Gasteiger partial charge in [0.25, 0.3) is 0 Å². The van der Waals surface area contributed by atoms with Crippen LogP contribution in [0.5, 0.6) is 0 Å². The van der Waals surface area contributed by atoms with E-state index in [-0.39, 0.29) is 0 Å². The molecule has 8 aromatic rings. The first-order chi connectivity index (χ1) is 23.8. The fourth-order valence-electron chi connectivity index (χ4n) is 5.84. The summed E-state index contributed by atoms with van der Waals surface area (Å²) in [6.07, 6.45) is 3.70. The van der Waals surface area contributed by atoms with Gasteiger partial charge < -0.3 is 0 Å². The number of hydrogen-bond donors (Lipinski definition) is 0. The topological polar surface area (TPSA) is 51.6 Å². The summed E-state index contributed by atoms with van der Waals surface area (Å²) in [7, 11) is 0. The summed E-state index contributed by atoms with van der Waals surface area (Å²) in [5, 5.41) is 0. The molecule has 3 aromatic heterocycles. The zero-order chi connectivity index (χ0) is 32.1. The first-order valence-corrected chi connectivity index (χ1v) is 16.0. The number of aromatic nitrogens is 4. The van der Waals surface area contributed by atoms with Crippen molar-refractivity contribution in [2.24, 2.45) is 0 Å². The number of hydrogen-bond acceptors (Lipinski definition) is 4. The lowest BCUT2D eigenvalue weighted by Gasteiger charge is -2.10. The molecule has 0 fully saturated rings. The van der Waals surface area contributed by atoms with E-state index in [2.05, 4.69) is 119 Å². The molecule has 0 amide bonds. The van der Waals surface area contributed by atoms with Gasteiger partial charge in [0.1, 0.15) is 0 Å². The smallest absolute Gasteiger partial charge is 0.160 e. The van der Waals surface area contributed by atoms with E-state index in [9.17, 15) is 0 Å². The van der Waals surface area contributed by atoms with Crippen LogP contribution in [-0.2, 0) is 0 Å². The third-order valence-electron chi connectivity index (χ3n) is 8.47. The lowest BCUT2D eigenvalue weighted by atomic mass is 9.97. The quantitative estimate of drug-likeness (QED) is 0.179. The maximum Gasteiger partial charge on any atom is 0.160 e. The predicted molar refractivity (Wildman–Crippen MR) is 196 cm³/mol. The molecular weight excluding hydrogens is 585 g/mol. The van der Waals surface area contributed by atoms with Crippen molar-refractivity contribution in [1.82, 2.24) is 19.9 Å². The van der Waals surface area contributed by atoms with Crippen molar-refractivity contribution >= 4 is 0 Å². The van der Waals surface area contributed by atoms with Gasteiger partial charge >= 0.3 is 0 Å². The minimum absolute atomic E-state index is 0.717. The number of benzene rings is 5. The molecule has 0 saturated heterocycles. The molecule has 0 aliphatic heterocycles. The Bertz CT molecular complexity index is 2210. The number of rotatable bonds is 7. The van der Waals surface area contributed by atoms with Crippen molar-refractivity contribution < 1.29 is 0 Å². The van der Waals surface area contributed by atoms with Crippen LogP contribution in [0.15, 0.2) is 182 Å². The molecular formula is C44H30N4. The maximum atomic E-state index is 4.97. The van der Waals surface area contributed by atoms with Crippen molar-refractivity contribution in [3.63, 3.8) is 0 Å². The van der Waals surface area contributed by atoms with E-state index in [0.717, 1.165) is 62.0 Å². The Balaban J connectivity index is 1.01. The van der Waals surface area contributed by atoms with Gasteiger partial charge in [-0.3, -0.25) is 9.97 Å². The molecule has 0 unspecified atom stereocenters. The molecule has 0 bridgehead atoms.